The van der Waals surface area contributed by atoms with Crippen molar-refractivity contribution in [3.8, 4) is 17.1 Å². The van der Waals surface area contributed by atoms with Crippen molar-refractivity contribution >= 4 is 11.2 Å². The molecule has 0 aliphatic rings. The van der Waals surface area contributed by atoms with Crippen molar-refractivity contribution in [2.24, 2.45) is 12.9 Å². The first kappa shape index (κ1) is 22.4. The number of aromatic nitrogens is 4. The van der Waals surface area contributed by atoms with Gasteiger partial charge in [0.2, 0.25) is 0 Å². The summed E-state index contributed by atoms with van der Waals surface area (Å²) >= 11 is 0. The summed E-state index contributed by atoms with van der Waals surface area (Å²) in [4.78, 5) is 35.6. The zero-order chi connectivity index (χ0) is 23.5. The van der Waals surface area contributed by atoms with Gasteiger partial charge in [0.05, 0.1) is 19.3 Å². The summed E-state index contributed by atoms with van der Waals surface area (Å²) in [6, 6.07) is 13.3. The number of aryl methyl sites for hydroxylation is 1. The van der Waals surface area contributed by atoms with Crippen LogP contribution in [0.3, 0.4) is 0 Å². The minimum Gasteiger partial charge on any atom is -0.496 e. The minimum atomic E-state index is -0.484. The number of ether oxygens (including phenoxy) is 1. The molecule has 0 bridgehead atoms. The zero-order valence-corrected chi connectivity index (χ0v) is 18.3. The second-order valence-corrected chi connectivity index (χ2v) is 7.54. The fraction of sp³-hybridized carbons (Fsp3) is 0.261. The van der Waals surface area contributed by atoms with Crippen LogP contribution in [0, 0.1) is 5.82 Å². The van der Waals surface area contributed by atoms with Crippen molar-refractivity contribution < 1.29 is 14.0 Å². The molecule has 0 aliphatic heterocycles. The van der Waals surface area contributed by atoms with Gasteiger partial charge < -0.3 is 14.1 Å². The molecule has 0 amide bonds. The lowest BCUT2D eigenvalue weighted by molar-refractivity contribution is 0.131. The molecule has 9 nitrogen and oxygen atoms in total. The van der Waals surface area contributed by atoms with E-state index in [1.807, 2.05) is 18.2 Å². The van der Waals surface area contributed by atoms with Crippen LogP contribution in [0.25, 0.3) is 22.6 Å². The van der Waals surface area contributed by atoms with Crippen molar-refractivity contribution in [1.82, 2.24) is 18.7 Å². The van der Waals surface area contributed by atoms with E-state index < -0.39 is 11.2 Å². The second-order valence-electron chi connectivity index (χ2n) is 7.54. The number of rotatable bonds is 8. The Balaban J connectivity index is 2.01. The fourth-order valence-electron chi connectivity index (χ4n) is 3.84. The van der Waals surface area contributed by atoms with Gasteiger partial charge in [0.25, 0.3) is 5.56 Å². The molecule has 0 spiro atoms. The second kappa shape index (κ2) is 9.39. The van der Waals surface area contributed by atoms with E-state index in [1.54, 1.807) is 36.9 Å². The Morgan fingerprint density at radius 1 is 1.06 bits per heavy atom. The third kappa shape index (κ3) is 4.18. The Bertz CT molecular complexity index is 1410. The summed E-state index contributed by atoms with van der Waals surface area (Å²) in [5.74, 6) is 5.75. The zero-order valence-electron chi connectivity index (χ0n) is 18.3. The van der Waals surface area contributed by atoms with Crippen LogP contribution in [0.1, 0.15) is 12.0 Å². The predicted octanol–water partition coefficient (Wildman–Crippen LogP) is 2.04. The number of nitrogens with zero attached hydrogens (tertiary/aromatic N) is 4. The number of nitrogens with two attached hydrogens (primary N) is 1. The van der Waals surface area contributed by atoms with Crippen LogP contribution >= 0.6 is 0 Å². The topological polar surface area (TPSA) is 106 Å². The molecule has 2 N–H and O–H groups in total. The van der Waals surface area contributed by atoms with Gasteiger partial charge in [-0.25, -0.2) is 20.1 Å². The molecule has 0 fully saturated rings. The van der Waals surface area contributed by atoms with E-state index in [2.05, 4.69) is 9.82 Å². The highest BCUT2D eigenvalue weighted by atomic mass is 19.1. The molecule has 33 heavy (non-hydrogen) atoms. The minimum absolute atomic E-state index is 0.143. The maximum Gasteiger partial charge on any atom is 0.332 e. The quantitative estimate of drug-likeness (QED) is 0.323. The molecule has 10 heteroatoms. The Hall–Kier alpha value is -3.76. The summed E-state index contributed by atoms with van der Waals surface area (Å²) in [5.41, 5.74) is 0.982. The van der Waals surface area contributed by atoms with Gasteiger partial charge in [-0.15, -0.1) is 0 Å². The van der Waals surface area contributed by atoms with Gasteiger partial charge in [0.1, 0.15) is 17.4 Å². The molecule has 2 aromatic carbocycles. The lowest BCUT2D eigenvalue weighted by Crippen LogP contribution is -2.40. The smallest absolute Gasteiger partial charge is 0.332 e. The van der Waals surface area contributed by atoms with Crippen LogP contribution in [0.15, 0.2) is 58.1 Å². The Kier molecular flexibility index (Phi) is 6.38. The standard InChI is InChI=1S/C23H24FN5O4/c1-27-21-19(22(30)28(23(27)31)12-5-13-33-25)29(14-15-8-10-16(24)11-9-15)20(26-21)17-6-3-4-7-18(17)32-2/h3-4,6-11H,5,12-14,25H2,1-2H3. The molecule has 0 atom stereocenters. The molecule has 0 aliphatic carbocycles. The van der Waals surface area contributed by atoms with Crippen LogP contribution in [0.4, 0.5) is 4.39 Å². The van der Waals surface area contributed by atoms with Crippen LogP contribution in [0.2, 0.25) is 0 Å². The number of methoxy groups -OCH3 is 1. The predicted molar refractivity (Wildman–Crippen MR) is 121 cm³/mol. The van der Waals surface area contributed by atoms with Gasteiger partial charge in [0, 0.05) is 20.1 Å². The lowest BCUT2D eigenvalue weighted by atomic mass is 10.1. The van der Waals surface area contributed by atoms with E-state index in [4.69, 9.17) is 10.6 Å². The Morgan fingerprint density at radius 3 is 2.48 bits per heavy atom. The molecule has 0 radical (unpaired) electrons. The van der Waals surface area contributed by atoms with Crippen molar-refractivity contribution in [2.75, 3.05) is 13.7 Å². The monoisotopic (exact) mass is 453 g/mol. The van der Waals surface area contributed by atoms with Gasteiger partial charge >= 0.3 is 5.69 Å². The fourth-order valence-corrected chi connectivity index (χ4v) is 3.84. The average molecular weight is 453 g/mol. The van der Waals surface area contributed by atoms with Crippen LogP contribution in [0.5, 0.6) is 5.75 Å². The van der Waals surface area contributed by atoms with E-state index in [-0.39, 0.29) is 36.7 Å². The molecular weight excluding hydrogens is 429 g/mol. The van der Waals surface area contributed by atoms with Crippen molar-refractivity contribution in [1.29, 1.82) is 0 Å². The largest absolute Gasteiger partial charge is 0.496 e. The molecule has 2 aromatic heterocycles. The number of hydrogen-bond donors (Lipinski definition) is 1. The Labute approximate surface area is 188 Å². The first-order valence-electron chi connectivity index (χ1n) is 10.4. The van der Waals surface area contributed by atoms with Gasteiger partial charge in [-0.1, -0.05) is 24.3 Å². The highest BCUT2D eigenvalue weighted by Gasteiger charge is 2.23. The first-order chi connectivity index (χ1) is 16.0. The third-order valence-corrected chi connectivity index (χ3v) is 5.48. The molecule has 2 heterocycles. The molecule has 0 unspecified atom stereocenters. The maximum absolute atomic E-state index is 13.5. The first-order valence-corrected chi connectivity index (χ1v) is 10.4. The van der Waals surface area contributed by atoms with E-state index in [0.29, 0.717) is 23.6 Å². The number of para-hydroxylation sites is 1. The normalized spacial score (nSPS) is 11.3. The highest BCUT2D eigenvalue weighted by Crippen LogP contribution is 2.31. The summed E-state index contributed by atoms with van der Waals surface area (Å²) in [6.07, 6.45) is 0.391. The summed E-state index contributed by atoms with van der Waals surface area (Å²) in [5, 5.41) is 0. The van der Waals surface area contributed by atoms with Crippen LogP contribution in [-0.4, -0.2) is 32.4 Å². The summed E-state index contributed by atoms with van der Waals surface area (Å²) in [7, 11) is 3.12. The van der Waals surface area contributed by atoms with Gasteiger partial charge in [-0.05, 0) is 36.2 Å². The van der Waals surface area contributed by atoms with Crippen LogP contribution < -0.4 is 21.9 Å². The molecule has 0 saturated heterocycles. The van der Waals surface area contributed by atoms with Crippen molar-refractivity contribution in [3.05, 3.63) is 80.7 Å². The molecule has 4 rings (SSSR count). The molecule has 172 valence electrons. The van der Waals surface area contributed by atoms with Gasteiger partial charge in [-0.3, -0.25) is 13.9 Å². The summed E-state index contributed by atoms with van der Waals surface area (Å²) < 4.78 is 23.2. The number of hydrogen-bond acceptors (Lipinski definition) is 6. The summed E-state index contributed by atoms with van der Waals surface area (Å²) in [6.45, 7) is 0.586. The number of imidazole rings is 1. The number of fused-ring (bicyclic) bond motifs is 1. The third-order valence-electron chi connectivity index (χ3n) is 5.48. The number of halogens is 1. The molecule has 4 aromatic rings. The molecule has 0 saturated carbocycles. The van der Waals surface area contributed by atoms with E-state index in [9.17, 15) is 14.0 Å². The molecular formula is C23H24FN5O4. The average Bonchev–Trinajstić information content (AvgIpc) is 3.20. The van der Waals surface area contributed by atoms with Crippen molar-refractivity contribution in [2.45, 2.75) is 19.5 Å². The van der Waals surface area contributed by atoms with Crippen LogP contribution in [-0.2, 0) is 25.0 Å². The van der Waals surface area contributed by atoms with Gasteiger partial charge in [-0.2, -0.15) is 0 Å². The number of benzene rings is 2. The van der Waals surface area contributed by atoms with E-state index in [0.717, 1.165) is 10.1 Å². The van der Waals surface area contributed by atoms with E-state index in [1.165, 1.54) is 16.7 Å². The Morgan fingerprint density at radius 2 is 1.79 bits per heavy atom. The lowest BCUT2D eigenvalue weighted by Gasteiger charge is -2.13. The van der Waals surface area contributed by atoms with Gasteiger partial charge in [0.15, 0.2) is 11.2 Å². The van der Waals surface area contributed by atoms with E-state index >= 15 is 0 Å². The SMILES string of the molecule is COc1ccccc1-c1nc2c(c(=O)n(CCCON)c(=O)n2C)n1Cc1ccc(F)cc1. The highest BCUT2D eigenvalue weighted by molar-refractivity contribution is 5.79. The van der Waals surface area contributed by atoms with Crippen molar-refractivity contribution in [3.63, 3.8) is 0 Å². The maximum atomic E-state index is 13.5.